The molecule has 1 fully saturated rings. The normalized spacial score (nSPS) is 15.3. The SMILES string of the molecule is CCCNCc1coc(COCCN(C)C2CC2)c1. The number of furan rings is 1. The van der Waals surface area contributed by atoms with Crippen molar-refractivity contribution in [2.45, 2.75) is 45.4 Å². The fraction of sp³-hybridized carbons (Fsp3) is 0.733. The Bertz CT molecular complexity index is 361. The monoisotopic (exact) mass is 266 g/mol. The second-order valence-corrected chi connectivity index (χ2v) is 5.36. The van der Waals surface area contributed by atoms with Gasteiger partial charge in [-0.15, -0.1) is 0 Å². The van der Waals surface area contributed by atoms with E-state index >= 15 is 0 Å². The van der Waals surface area contributed by atoms with Crippen molar-refractivity contribution in [3.8, 4) is 0 Å². The Morgan fingerprint density at radius 3 is 3.05 bits per heavy atom. The molecule has 1 heterocycles. The highest BCUT2D eigenvalue weighted by Crippen LogP contribution is 2.24. The van der Waals surface area contributed by atoms with Crippen LogP contribution >= 0.6 is 0 Å². The number of rotatable bonds is 10. The second-order valence-electron chi connectivity index (χ2n) is 5.36. The molecule has 2 rings (SSSR count). The summed E-state index contributed by atoms with van der Waals surface area (Å²) < 4.78 is 11.1. The number of hydrogen-bond donors (Lipinski definition) is 1. The van der Waals surface area contributed by atoms with Crippen LogP contribution in [0.5, 0.6) is 0 Å². The Hall–Kier alpha value is -0.840. The molecule has 0 aromatic carbocycles. The van der Waals surface area contributed by atoms with E-state index in [-0.39, 0.29) is 0 Å². The minimum atomic E-state index is 0.576. The summed E-state index contributed by atoms with van der Waals surface area (Å²) in [4.78, 5) is 2.38. The molecule has 0 bridgehead atoms. The van der Waals surface area contributed by atoms with E-state index in [4.69, 9.17) is 9.15 Å². The average Bonchev–Trinajstić information content (AvgIpc) is 3.17. The highest BCUT2D eigenvalue weighted by molar-refractivity contribution is 5.11. The lowest BCUT2D eigenvalue weighted by molar-refractivity contribution is 0.0863. The third kappa shape index (κ3) is 5.35. The molecule has 0 atom stereocenters. The first-order valence-electron chi connectivity index (χ1n) is 7.34. The van der Waals surface area contributed by atoms with Gasteiger partial charge in [0.2, 0.25) is 0 Å². The number of likely N-dealkylation sites (N-methyl/N-ethyl adjacent to an activating group) is 1. The molecule has 1 aliphatic carbocycles. The van der Waals surface area contributed by atoms with Crippen molar-refractivity contribution in [1.82, 2.24) is 10.2 Å². The third-order valence-corrected chi connectivity index (χ3v) is 3.47. The van der Waals surface area contributed by atoms with E-state index < -0.39 is 0 Å². The topological polar surface area (TPSA) is 37.6 Å². The van der Waals surface area contributed by atoms with Gasteiger partial charge in [-0.25, -0.2) is 0 Å². The average molecular weight is 266 g/mol. The maximum atomic E-state index is 5.65. The van der Waals surface area contributed by atoms with E-state index in [1.54, 1.807) is 0 Å². The van der Waals surface area contributed by atoms with Crippen molar-refractivity contribution >= 4 is 0 Å². The molecule has 0 saturated heterocycles. The molecule has 0 unspecified atom stereocenters. The van der Waals surface area contributed by atoms with Gasteiger partial charge in [0, 0.05) is 24.7 Å². The molecule has 0 spiro atoms. The minimum Gasteiger partial charge on any atom is -0.467 e. The van der Waals surface area contributed by atoms with Crippen LogP contribution in [0.2, 0.25) is 0 Å². The van der Waals surface area contributed by atoms with Crippen LogP contribution in [0, 0.1) is 0 Å². The summed E-state index contributed by atoms with van der Waals surface area (Å²) in [6.07, 6.45) is 5.67. The smallest absolute Gasteiger partial charge is 0.129 e. The molecule has 0 aliphatic heterocycles. The maximum absolute atomic E-state index is 5.65. The molecular weight excluding hydrogens is 240 g/mol. The number of hydrogen-bond acceptors (Lipinski definition) is 4. The summed E-state index contributed by atoms with van der Waals surface area (Å²) >= 11 is 0. The third-order valence-electron chi connectivity index (χ3n) is 3.47. The van der Waals surface area contributed by atoms with Gasteiger partial charge >= 0.3 is 0 Å². The zero-order chi connectivity index (χ0) is 13.5. The summed E-state index contributed by atoms with van der Waals surface area (Å²) in [6, 6.07) is 2.89. The molecule has 0 radical (unpaired) electrons. The van der Waals surface area contributed by atoms with Crippen LogP contribution in [-0.2, 0) is 17.9 Å². The lowest BCUT2D eigenvalue weighted by Crippen LogP contribution is -2.25. The van der Waals surface area contributed by atoms with Crippen molar-refractivity contribution in [2.24, 2.45) is 0 Å². The van der Waals surface area contributed by atoms with Crippen molar-refractivity contribution in [3.63, 3.8) is 0 Å². The van der Waals surface area contributed by atoms with Crippen LogP contribution in [0.3, 0.4) is 0 Å². The molecule has 1 aromatic heterocycles. The number of nitrogens with zero attached hydrogens (tertiary/aromatic N) is 1. The van der Waals surface area contributed by atoms with Crippen LogP contribution in [0.25, 0.3) is 0 Å². The summed E-state index contributed by atoms with van der Waals surface area (Å²) in [5.41, 5.74) is 1.20. The van der Waals surface area contributed by atoms with Gasteiger partial charge in [0.05, 0.1) is 12.9 Å². The Kier molecular flexibility index (Phi) is 5.89. The van der Waals surface area contributed by atoms with Crippen molar-refractivity contribution in [2.75, 3.05) is 26.7 Å². The van der Waals surface area contributed by atoms with Gasteiger partial charge in [-0.05, 0) is 38.9 Å². The molecular formula is C15H26N2O2. The van der Waals surface area contributed by atoms with E-state index in [9.17, 15) is 0 Å². The van der Waals surface area contributed by atoms with E-state index in [1.165, 1.54) is 18.4 Å². The van der Waals surface area contributed by atoms with E-state index in [2.05, 4.69) is 30.3 Å². The Balaban J connectivity index is 1.57. The summed E-state index contributed by atoms with van der Waals surface area (Å²) in [5.74, 6) is 0.919. The zero-order valence-corrected chi connectivity index (χ0v) is 12.2. The first kappa shape index (κ1) is 14.6. The van der Waals surface area contributed by atoms with Crippen LogP contribution < -0.4 is 5.32 Å². The van der Waals surface area contributed by atoms with Crippen molar-refractivity contribution in [1.29, 1.82) is 0 Å². The van der Waals surface area contributed by atoms with E-state index in [0.717, 1.165) is 44.5 Å². The van der Waals surface area contributed by atoms with E-state index in [1.807, 2.05) is 6.26 Å². The van der Waals surface area contributed by atoms with Crippen LogP contribution in [-0.4, -0.2) is 37.7 Å². The van der Waals surface area contributed by atoms with Crippen molar-refractivity contribution < 1.29 is 9.15 Å². The Morgan fingerprint density at radius 1 is 1.47 bits per heavy atom. The maximum Gasteiger partial charge on any atom is 0.129 e. The molecule has 0 amide bonds. The Labute approximate surface area is 116 Å². The minimum absolute atomic E-state index is 0.576. The lowest BCUT2D eigenvalue weighted by Gasteiger charge is -2.14. The molecule has 1 aliphatic rings. The lowest BCUT2D eigenvalue weighted by atomic mass is 10.3. The molecule has 108 valence electrons. The van der Waals surface area contributed by atoms with Gasteiger partial charge in [0.25, 0.3) is 0 Å². The fourth-order valence-electron chi connectivity index (χ4n) is 2.08. The fourth-order valence-corrected chi connectivity index (χ4v) is 2.08. The zero-order valence-electron chi connectivity index (χ0n) is 12.2. The van der Waals surface area contributed by atoms with Crippen LogP contribution in [0.1, 0.15) is 37.5 Å². The molecule has 19 heavy (non-hydrogen) atoms. The highest BCUT2D eigenvalue weighted by Gasteiger charge is 2.25. The summed E-state index contributed by atoms with van der Waals surface area (Å²) in [5, 5.41) is 3.36. The van der Waals surface area contributed by atoms with Gasteiger partial charge in [-0.3, -0.25) is 0 Å². The largest absolute Gasteiger partial charge is 0.467 e. The molecule has 4 nitrogen and oxygen atoms in total. The predicted octanol–water partition coefficient (Wildman–Crippen LogP) is 2.39. The summed E-state index contributed by atoms with van der Waals surface area (Å²) in [7, 11) is 2.17. The molecule has 1 N–H and O–H groups in total. The number of nitrogens with one attached hydrogen (secondary N) is 1. The van der Waals surface area contributed by atoms with E-state index in [0.29, 0.717) is 6.61 Å². The van der Waals surface area contributed by atoms with Gasteiger partial charge in [0.1, 0.15) is 12.4 Å². The van der Waals surface area contributed by atoms with Gasteiger partial charge in [0.15, 0.2) is 0 Å². The first-order valence-corrected chi connectivity index (χ1v) is 7.34. The molecule has 4 heteroatoms. The Morgan fingerprint density at radius 2 is 2.32 bits per heavy atom. The summed E-state index contributed by atoms with van der Waals surface area (Å²) in [6.45, 7) is 6.45. The highest BCUT2D eigenvalue weighted by atomic mass is 16.5. The van der Waals surface area contributed by atoms with Gasteiger partial charge in [-0.2, -0.15) is 0 Å². The quantitative estimate of drug-likeness (QED) is 0.660. The second kappa shape index (κ2) is 7.68. The predicted molar refractivity (Wildman–Crippen MR) is 76.0 cm³/mol. The van der Waals surface area contributed by atoms with Crippen molar-refractivity contribution in [3.05, 3.63) is 23.7 Å². The van der Waals surface area contributed by atoms with Crippen LogP contribution in [0.4, 0.5) is 0 Å². The van der Waals surface area contributed by atoms with Gasteiger partial charge in [-0.1, -0.05) is 6.92 Å². The molecule has 1 saturated carbocycles. The van der Waals surface area contributed by atoms with Gasteiger partial charge < -0.3 is 19.4 Å². The standard InChI is InChI=1S/C15H26N2O2/c1-3-6-16-10-13-9-15(19-11-13)12-18-8-7-17(2)14-4-5-14/h9,11,14,16H,3-8,10,12H2,1-2H3. The first-order chi connectivity index (χ1) is 9.29. The number of ether oxygens (including phenoxy) is 1. The van der Waals surface area contributed by atoms with Crippen LogP contribution in [0.15, 0.2) is 16.7 Å². The molecule has 1 aromatic rings.